The minimum Gasteiger partial charge on any atom is -0.444 e. The second kappa shape index (κ2) is 6.48. The summed E-state index contributed by atoms with van der Waals surface area (Å²) in [5.74, 6) is 0.426. The van der Waals surface area contributed by atoms with Gasteiger partial charge in [-0.15, -0.1) is 0 Å². The monoisotopic (exact) mass is 293 g/mol. The predicted molar refractivity (Wildman–Crippen MR) is 71.0 cm³/mol. The zero-order valence-electron chi connectivity index (χ0n) is 11.2. The quantitative estimate of drug-likeness (QED) is 0.740. The Labute approximate surface area is 108 Å². The Morgan fingerprint density at radius 3 is 2.12 bits per heavy atom. The van der Waals surface area contributed by atoms with Crippen molar-refractivity contribution < 1.29 is 9.53 Å². The molecule has 96 valence electrons. The SMILES string of the molecule is CC(CBr)CN(C(=O)OC(C)(C)C)C(C)C. The van der Waals surface area contributed by atoms with Crippen LogP contribution >= 0.6 is 15.9 Å². The summed E-state index contributed by atoms with van der Waals surface area (Å²) in [5.41, 5.74) is -0.429. The van der Waals surface area contributed by atoms with Crippen LogP contribution in [0.1, 0.15) is 41.5 Å². The standard InChI is InChI=1S/C12H24BrNO2/c1-9(2)14(8-10(3)7-13)11(15)16-12(4,5)6/h9-10H,7-8H2,1-6H3. The third kappa shape index (κ3) is 6.36. The van der Waals surface area contributed by atoms with Gasteiger partial charge in [0.05, 0.1) is 0 Å². The first kappa shape index (κ1) is 15.8. The molecule has 1 amide bonds. The van der Waals surface area contributed by atoms with E-state index < -0.39 is 5.60 Å². The number of amides is 1. The third-order valence-corrected chi connectivity index (χ3v) is 3.13. The molecule has 0 saturated heterocycles. The number of carbonyl (C=O) groups is 1. The largest absolute Gasteiger partial charge is 0.444 e. The van der Waals surface area contributed by atoms with E-state index in [9.17, 15) is 4.79 Å². The van der Waals surface area contributed by atoms with Crippen LogP contribution in [0.3, 0.4) is 0 Å². The molecule has 1 atom stereocenters. The van der Waals surface area contributed by atoms with Gasteiger partial charge < -0.3 is 9.64 Å². The molecule has 0 aliphatic rings. The molecule has 1 unspecified atom stereocenters. The van der Waals surface area contributed by atoms with Crippen molar-refractivity contribution in [3.05, 3.63) is 0 Å². The van der Waals surface area contributed by atoms with Gasteiger partial charge in [0.1, 0.15) is 5.60 Å². The summed E-state index contributed by atoms with van der Waals surface area (Å²) in [4.78, 5) is 13.7. The fourth-order valence-corrected chi connectivity index (χ4v) is 1.41. The van der Waals surface area contributed by atoms with Crippen molar-refractivity contribution in [2.75, 3.05) is 11.9 Å². The lowest BCUT2D eigenvalue weighted by Crippen LogP contribution is -2.43. The number of halogens is 1. The van der Waals surface area contributed by atoms with Crippen molar-refractivity contribution in [3.63, 3.8) is 0 Å². The third-order valence-electron chi connectivity index (χ3n) is 2.02. The summed E-state index contributed by atoms with van der Waals surface area (Å²) in [6.45, 7) is 12.5. The molecule has 0 aliphatic heterocycles. The number of carbonyl (C=O) groups excluding carboxylic acids is 1. The summed E-state index contributed by atoms with van der Waals surface area (Å²) in [6.07, 6.45) is -0.227. The maximum Gasteiger partial charge on any atom is 0.410 e. The van der Waals surface area contributed by atoms with E-state index in [2.05, 4.69) is 22.9 Å². The van der Waals surface area contributed by atoms with Crippen LogP contribution in [0.15, 0.2) is 0 Å². The lowest BCUT2D eigenvalue weighted by atomic mass is 10.2. The van der Waals surface area contributed by atoms with Crippen molar-refractivity contribution in [1.29, 1.82) is 0 Å². The molecule has 0 aliphatic carbocycles. The molecule has 16 heavy (non-hydrogen) atoms. The maximum atomic E-state index is 11.9. The first-order chi connectivity index (χ1) is 7.17. The summed E-state index contributed by atoms with van der Waals surface area (Å²) < 4.78 is 5.38. The molecule has 0 heterocycles. The van der Waals surface area contributed by atoms with E-state index in [1.165, 1.54) is 0 Å². The van der Waals surface area contributed by atoms with E-state index in [0.29, 0.717) is 5.92 Å². The van der Waals surface area contributed by atoms with Gasteiger partial charge in [-0.1, -0.05) is 22.9 Å². The Kier molecular flexibility index (Phi) is 6.38. The summed E-state index contributed by atoms with van der Waals surface area (Å²) in [7, 11) is 0. The Morgan fingerprint density at radius 2 is 1.81 bits per heavy atom. The molecule has 0 spiro atoms. The molecule has 0 bridgehead atoms. The van der Waals surface area contributed by atoms with Crippen molar-refractivity contribution in [1.82, 2.24) is 4.90 Å². The van der Waals surface area contributed by atoms with Gasteiger partial charge in [0.25, 0.3) is 0 Å². The Balaban J connectivity index is 4.48. The number of ether oxygens (including phenoxy) is 1. The highest BCUT2D eigenvalue weighted by Gasteiger charge is 2.24. The molecule has 0 aromatic heterocycles. The van der Waals surface area contributed by atoms with Gasteiger partial charge in [-0.2, -0.15) is 0 Å². The van der Waals surface area contributed by atoms with Crippen LogP contribution in [-0.4, -0.2) is 34.5 Å². The van der Waals surface area contributed by atoms with Crippen LogP contribution in [-0.2, 0) is 4.74 Å². The minimum atomic E-state index is -0.429. The van der Waals surface area contributed by atoms with Gasteiger partial charge in [-0.3, -0.25) is 0 Å². The molecule has 0 rings (SSSR count). The van der Waals surface area contributed by atoms with E-state index in [0.717, 1.165) is 11.9 Å². The molecule has 3 nitrogen and oxygen atoms in total. The minimum absolute atomic E-state index is 0.163. The average molecular weight is 294 g/mol. The van der Waals surface area contributed by atoms with Gasteiger partial charge in [0, 0.05) is 17.9 Å². The predicted octanol–water partition coefficient (Wildman–Crippen LogP) is 3.66. The van der Waals surface area contributed by atoms with Crippen molar-refractivity contribution in [3.8, 4) is 0 Å². The number of alkyl halides is 1. The van der Waals surface area contributed by atoms with Gasteiger partial charge in [-0.05, 0) is 40.5 Å². The molecular weight excluding hydrogens is 270 g/mol. The Morgan fingerprint density at radius 1 is 1.31 bits per heavy atom. The fourth-order valence-electron chi connectivity index (χ4n) is 1.20. The lowest BCUT2D eigenvalue weighted by molar-refractivity contribution is 0.0168. The molecule has 0 fully saturated rings. The molecule has 0 aromatic rings. The molecule has 4 heteroatoms. The van der Waals surface area contributed by atoms with Crippen LogP contribution < -0.4 is 0 Å². The van der Waals surface area contributed by atoms with Crippen molar-refractivity contribution in [2.24, 2.45) is 5.92 Å². The van der Waals surface area contributed by atoms with Crippen LogP contribution in [0.25, 0.3) is 0 Å². The fraction of sp³-hybridized carbons (Fsp3) is 0.917. The molecular formula is C12H24BrNO2. The van der Waals surface area contributed by atoms with E-state index >= 15 is 0 Å². The van der Waals surface area contributed by atoms with Gasteiger partial charge >= 0.3 is 6.09 Å². The van der Waals surface area contributed by atoms with Crippen molar-refractivity contribution >= 4 is 22.0 Å². The van der Waals surface area contributed by atoms with Gasteiger partial charge in [-0.25, -0.2) is 4.79 Å². The van der Waals surface area contributed by atoms with Gasteiger partial charge in [0.15, 0.2) is 0 Å². The topological polar surface area (TPSA) is 29.5 Å². The van der Waals surface area contributed by atoms with E-state index in [1.54, 1.807) is 4.90 Å². The second-order valence-corrected chi connectivity index (χ2v) is 6.13. The zero-order chi connectivity index (χ0) is 12.9. The average Bonchev–Trinajstić information content (AvgIpc) is 2.09. The molecule has 0 saturated carbocycles. The normalized spacial score (nSPS) is 13.8. The smallest absolute Gasteiger partial charge is 0.410 e. The number of hydrogen-bond donors (Lipinski definition) is 0. The number of nitrogens with zero attached hydrogens (tertiary/aromatic N) is 1. The first-order valence-corrected chi connectivity index (χ1v) is 6.85. The van der Waals surface area contributed by atoms with Gasteiger partial charge in [0.2, 0.25) is 0 Å². The van der Waals surface area contributed by atoms with E-state index in [4.69, 9.17) is 4.74 Å². The van der Waals surface area contributed by atoms with E-state index in [1.807, 2.05) is 34.6 Å². The second-order valence-electron chi connectivity index (χ2n) is 5.49. The van der Waals surface area contributed by atoms with Crippen LogP contribution in [0.4, 0.5) is 4.79 Å². The first-order valence-electron chi connectivity index (χ1n) is 5.73. The summed E-state index contributed by atoms with van der Waals surface area (Å²) >= 11 is 3.42. The lowest BCUT2D eigenvalue weighted by Gasteiger charge is -2.31. The highest BCUT2D eigenvalue weighted by molar-refractivity contribution is 9.09. The molecule has 0 N–H and O–H groups in total. The van der Waals surface area contributed by atoms with Crippen LogP contribution in [0, 0.1) is 5.92 Å². The van der Waals surface area contributed by atoms with Crippen molar-refractivity contribution in [2.45, 2.75) is 53.2 Å². The zero-order valence-corrected chi connectivity index (χ0v) is 12.8. The highest BCUT2D eigenvalue weighted by atomic mass is 79.9. The number of rotatable bonds is 4. The Hall–Kier alpha value is -0.250. The van der Waals surface area contributed by atoms with Crippen LogP contribution in [0.2, 0.25) is 0 Å². The maximum absolute atomic E-state index is 11.9. The Bertz CT molecular complexity index is 224. The van der Waals surface area contributed by atoms with E-state index in [-0.39, 0.29) is 12.1 Å². The molecule has 0 radical (unpaired) electrons. The highest BCUT2D eigenvalue weighted by Crippen LogP contribution is 2.14. The summed E-state index contributed by atoms with van der Waals surface area (Å²) in [6, 6.07) is 0.163. The molecule has 0 aromatic carbocycles. The summed E-state index contributed by atoms with van der Waals surface area (Å²) in [5, 5.41) is 0.888. The van der Waals surface area contributed by atoms with Crippen LogP contribution in [0.5, 0.6) is 0 Å². The number of hydrogen-bond acceptors (Lipinski definition) is 2.